The van der Waals surface area contributed by atoms with E-state index < -0.39 is 5.91 Å². The first-order chi connectivity index (χ1) is 6.19. The quantitative estimate of drug-likeness (QED) is 0.268. The molecule has 0 fully saturated rings. The van der Waals surface area contributed by atoms with Gasteiger partial charge in [-0.25, -0.2) is 15.8 Å². The highest BCUT2D eigenvalue weighted by atomic mass is 79.9. The maximum Gasteiger partial charge on any atom is 0.285 e. The summed E-state index contributed by atoms with van der Waals surface area (Å²) in [7, 11) is 0. The fraction of sp³-hybridized carbons (Fsp3) is 0.167. The van der Waals surface area contributed by atoms with E-state index in [0.29, 0.717) is 9.63 Å². The van der Waals surface area contributed by atoms with Gasteiger partial charge in [0.25, 0.3) is 5.91 Å². The molecule has 0 bridgehead atoms. The van der Waals surface area contributed by atoms with Gasteiger partial charge >= 0.3 is 0 Å². The predicted octanol–water partition coefficient (Wildman–Crippen LogP) is 0.565. The van der Waals surface area contributed by atoms with Crippen LogP contribution in [0.4, 0.5) is 0 Å². The van der Waals surface area contributed by atoms with Gasteiger partial charge in [0.15, 0.2) is 5.16 Å². The molecule has 0 unspecified atom stereocenters. The SMILES string of the molecule is CSc1ncc(Br)c(C(=O)NN)n1. The van der Waals surface area contributed by atoms with Crippen LogP contribution in [-0.2, 0) is 0 Å². The van der Waals surface area contributed by atoms with Crippen molar-refractivity contribution in [3.63, 3.8) is 0 Å². The van der Waals surface area contributed by atoms with Gasteiger partial charge in [0.2, 0.25) is 0 Å². The highest BCUT2D eigenvalue weighted by molar-refractivity contribution is 9.10. The predicted molar refractivity (Wildman–Crippen MR) is 53.2 cm³/mol. The number of hydrazine groups is 1. The number of hydrogen-bond acceptors (Lipinski definition) is 5. The van der Waals surface area contributed by atoms with Crippen LogP contribution < -0.4 is 11.3 Å². The van der Waals surface area contributed by atoms with Crippen LogP contribution in [0.1, 0.15) is 10.5 Å². The first kappa shape index (κ1) is 10.4. The van der Waals surface area contributed by atoms with Gasteiger partial charge in [0, 0.05) is 6.20 Å². The van der Waals surface area contributed by atoms with E-state index in [-0.39, 0.29) is 5.69 Å². The summed E-state index contributed by atoms with van der Waals surface area (Å²) in [6.45, 7) is 0. The van der Waals surface area contributed by atoms with Crippen molar-refractivity contribution in [2.24, 2.45) is 5.84 Å². The summed E-state index contributed by atoms with van der Waals surface area (Å²) in [5.74, 6) is 4.54. The van der Waals surface area contributed by atoms with Crippen LogP contribution in [0.15, 0.2) is 15.8 Å². The zero-order valence-corrected chi connectivity index (χ0v) is 9.15. The molecule has 70 valence electrons. The average Bonchev–Trinajstić information content (AvgIpc) is 2.17. The van der Waals surface area contributed by atoms with E-state index in [9.17, 15) is 4.79 Å². The summed E-state index contributed by atoms with van der Waals surface area (Å²) in [5.41, 5.74) is 2.24. The van der Waals surface area contributed by atoms with Crippen LogP contribution in [0, 0.1) is 0 Å². The average molecular weight is 263 g/mol. The number of aromatic nitrogens is 2. The molecule has 7 heteroatoms. The molecule has 0 aliphatic heterocycles. The van der Waals surface area contributed by atoms with Crippen molar-refractivity contribution in [3.05, 3.63) is 16.4 Å². The van der Waals surface area contributed by atoms with Crippen LogP contribution in [0.2, 0.25) is 0 Å². The van der Waals surface area contributed by atoms with Gasteiger partial charge in [-0.3, -0.25) is 10.2 Å². The van der Waals surface area contributed by atoms with Gasteiger partial charge < -0.3 is 0 Å². The second-order valence-electron chi connectivity index (χ2n) is 2.03. The molecule has 1 rings (SSSR count). The second-order valence-corrected chi connectivity index (χ2v) is 3.65. The minimum Gasteiger partial charge on any atom is -0.289 e. The molecule has 0 aliphatic rings. The summed E-state index contributed by atoms with van der Waals surface area (Å²) in [6, 6.07) is 0. The highest BCUT2D eigenvalue weighted by Gasteiger charge is 2.11. The van der Waals surface area contributed by atoms with Crippen LogP contribution in [0.25, 0.3) is 0 Å². The molecule has 0 saturated carbocycles. The maximum atomic E-state index is 11.1. The first-order valence-electron chi connectivity index (χ1n) is 3.26. The van der Waals surface area contributed by atoms with Crippen LogP contribution in [0.3, 0.4) is 0 Å². The number of nitrogens with one attached hydrogen (secondary N) is 1. The molecule has 0 radical (unpaired) electrons. The molecule has 1 aromatic rings. The number of thioether (sulfide) groups is 1. The third-order valence-corrected chi connectivity index (χ3v) is 2.39. The minimum absolute atomic E-state index is 0.238. The normalized spacial score (nSPS) is 9.77. The number of amides is 1. The largest absolute Gasteiger partial charge is 0.289 e. The molecule has 13 heavy (non-hydrogen) atoms. The van der Waals surface area contributed by atoms with Crippen molar-refractivity contribution < 1.29 is 4.79 Å². The van der Waals surface area contributed by atoms with E-state index >= 15 is 0 Å². The van der Waals surface area contributed by atoms with E-state index in [2.05, 4.69) is 25.9 Å². The lowest BCUT2D eigenvalue weighted by atomic mass is 10.4. The van der Waals surface area contributed by atoms with Crippen molar-refractivity contribution in [1.82, 2.24) is 15.4 Å². The van der Waals surface area contributed by atoms with E-state index in [1.807, 2.05) is 11.7 Å². The molecule has 0 aliphatic carbocycles. The number of carbonyl (C=O) groups is 1. The van der Waals surface area contributed by atoms with Gasteiger partial charge in [-0.05, 0) is 22.2 Å². The maximum absolute atomic E-state index is 11.1. The molecule has 1 amide bonds. The zero-order chi connectivity index (χ0) is 9.84. The smallest absolute Gasteiger partial charge is 0.285 e. The molecule has 0 atom stereocenters. The topological polar surface area (TPSA) is 80.9 Å². The van der Waals surface area contributed by atoms with E-state index in [1.165, 1.54) is 18.0 Å². The Morgan fingerprint density at radius 2 is 2.46 bits per heavy atom. The number of nitrogens with two attached hydrogens (primary N) is 1. The van der Waals surface area contributed by atoms with Gasteiger partial charge in [-0.1, -0.05) is 11.8 Å². The Morgan fingerprint density at radius 3 is 3.00 bits per heavy atom. The highest BCUT2D eigenvalue weighted by Crippen LogP contribution is 2.16. The lowest BCUT2D eigenvalue weighted by molar-refractivity contribution is 0.0947. The van der Waals surface area contributed by atoms with Crippen LogP contribution in [0.5, 0.6) is 0 Å². The number of nitrogen functional groups attached to an aromatic ring is 1. The third-order valence-electron chi connectivity index (χ3n) is 1.25. The van der Waals surface area contributed by atoms with Crippen molar-refractivity contribution in [2.75, 3.05) is 6.26 Å². The molecule has 1 aromatic heterocycles. The molecule has 0 spiro atoms. The van der Waals surface area contributed by atoms with Crippen molar-refractivity contribution >= 4 is 33.6 Å². The minimum atomic E-state index is -0.440. The fourth-order valence-electron chi connectivity index (χ4n) is 0.677. The number of halogens is 1. The van der Waals surface area contributed by atoms with E-state index in [0.717, 1.165) is 0 Å². The summed E-state index contributed by atoms with van der Waals surface area (Å²) < 4.78 is 0.522. The van der Waals surface area contributed by atoms with Gasteiger partial charge in [-0.2, -0.15) is 0 Å². The monoisotopic (exact) mass is 262 g/mol. The Morgan fingerprint density at radius 1 is 1.77 bits per heavy atom. The van der Waals surface area contributed by atoms with E-state index in [4.69, 9.17) is 5.84 Å². The number of carbonyl (C=O) groups excluding carboxylic acids is 1. The van der Waals surface area contributed by atoms with Crippen LogP contribution >= 0.6 is 27.7 Å². The molecule has 0 aromatic carbocycles. The van der Waals surface area contributed by atoms with Crippen LogP contribution in [-0.4, -0.2) is 22.1 Å². The molecule has 1 heterocycles. The number of rotatable bonds is 2. The standard InChI is InChI=1S/C6H7BrN4OS/c1-13-6-9-2-3(7)4(10-6)5(12)11-8/h2H,8H2,1H3,(H,11,12). The fourth-order valence-corrected chi connectivity index (χ4v) is 1.39. The Bertz CT molecular complexity index is 332. The second kappa shape index (κ2) is 4.54. The number of hydrogen-bond donors (Lipinski definition) is 2. The van der Waals surface area contributed by atoms with Gasteiger partial charge in [0.05, 0.1) is 4.47 Å². The van der Waals surface area contributed by atoms with Crippen molar-refractivity contribution in [1.29, 1.82) is 0 Å². The summed E-state index contributed by atoms with van der Waals surface area (Å²) in [5, 5.41) is 0.529. The molecular weight excluding hydrogens is 256 g/mol. The molecular formula is C6H7BrN4OS. The Labute approximate surface area is 87.6 Å². The zero-order valence-electron chi connectivity index (χ0n) is 6.74. The molecule has 0 saturated heterocycles. The Hall–Kier alpha value is -0.660. The first-order valence-corrected chi connectivity index (χ1v) is 5.28. The summed E-state index contributed by atoms with van der Waals surface area (Å²) in [4.78, 5) is 19.1. The summed E-state index contributed by atoms with van der Waals surface area (Å²) in [6.07, 6.45) is 3.34. The Kier molecular flexibility index (Phi) is 3.64. The van der Waals surface area contributed by atoms with Gasteiger partial charge in [-0.15, -0.1) is 0 Å². The summed E-state index contributed by atoms with van der Waals surface area (Å²) >= 11 is 4.51. The van der Waals surface area contributed by atoms with Gasteiger partial charge in [0.1, 0.15) is 5.69 Å². The molecule has 3 N–H and O–H groups in total. The molecule has 5 nitrogen and oxygen atoms in total. The third kappa shape index (κ3) is 2.39. The Balaban J connectivity index is 3.11. The van der Waals surface area contributed by atoms with Crippen molar-refractivity contribution in [3.8, 4) is 0 Å². The van der Waals surface area contributed by atoms with E-state index in [1.54, 1.807) is 0 Å². The van der Waals surface area contributed by atoms with Crippen molar-refractivity contribution in [2.45, 2.75) is 5.16 Å². The lowest BCUT2D eigenvalue weighted by Gasteiger charge is -2.02. The lowest BCUT2D eigenvalue weighted by Crippen LogP contribution is -2.31. The number of nitrogens with zero attached hydrogens (tertiary/aromatic N) is 2.